The number of carbonyl (C=O) groups excluding carboxylic acids is 5. The smallest absolute Gasteiger partial charge is 0.348 e. The molecule has 2 aliphatic rings. The molecule has 2 heterocycles. The van der Waals surface area contributed by atoms with Gasteiger partial charge in [-0.1, -0.05) is 20.8 Å². The number of rotatable bonds is 7. The number of ether oxygens (including phenoxy) is 2. The fraction of sp³-hybridized carbons (Fsp3) is 0.625. The van der Waals surface area contributed by atoms with Gasteiger partial charge in [0.2, 0.25) is 5.91 Å². The largest absolute Gasteiger partial charge is 0.462 e. The number of amides is 4. The molecule has 0 unspecified atom stereocenters. The average molecular weight is 508 g/mol. The Hall–Kier alpha value is -2.95. The average Bonchev–Trinajstić information content (AvgIpc) is 3.15. The monoisotopic (exact) mass is 507 g/mol. The lowest BCUT2D eigenvalue weighted by Gasteiger charge is -2.43. The van der Waals surface area contributed by atoms with Gasteiger partial charge < -0.3 is 20.1 Å². The minimum absolute atomic E-state index is 0.0461. The van der Waals surface area contributed by atoms with Crippen LogP contribution in [0.15, 0.2) is 0 Å². The summed E-state index contributed by atoms with van der Waals surface area (Å²) in [5.74, 6) is -2.17. The summed E-state index contributed by atoms with van der Waals surface area (Å²) in [6, 6.07) is -0.616. The number of hydrogen-bond donors (Lipinski definition) is 2. The molecule has 1 aliphatic carbocycles. The summed E-state index contributed by atoms with van der Waals surface area (Å²) in [7, 11) is 0. The van der Waals surface area contributed by atoms with E-state index in [0.717, 1.165) is 22.7 Å². The number of hydrogen-bond acceptors (Lipinski definition) is 8. The van der Waals surface area contributed by atoms with Crippen molar-refractivity contribution in [3.05, 3.63) is 16.0 Å². The fourth-order valence-electron chi connectivity index (χ4n) is 5.40. The molecular weight excluding hydrogens is 474 g/mol. The van der Waals surface area contributed by atoms with Gasteiger partial charge in [-0.15, -0.1) is 11.3 Å². The van der Waals surface area contributed by atoms with Gasteiger partial charge >= 0.3 is 18.0 Å². The predicted molar refractivity (Wildman–Crippen MR) is 129 cm³/mol. The van der Waals surface area contributed by atoms with Crippen molar-refractivity contribution in [3.63, 3.8) is 0 Å². The maximum Gasteiger partial charge on any atom is 0.348 e. The lowest BCUT2D eigenvalue weighted by Crippen LogP contribution is -2.54. The topological polar surface area (TPSA) is 131 Å². The summed E-state index contributed by atoms with van der Waals surface area (Å²) in [6.07, 6.45) is 1.95. The maximum atomic E-state index is 13.3. The van der Waals surface area contributed by atoms with Gasteiger partial charge in [-0.05, 0) is 56.9 Å². The minimum Gasteiger partial charge on any atom is -0.462 e. The second-order valence-corrected chi connectivity index (χ2v) is 11.0. The van der Waals surface area contributed by atoms with Crippen LogP contribution in [0.5, 0.6) is 0 Å². The molecule has 35 heavy (non-hydrogen) atoms. The van der Waals surface area contributed by atoms with Crippen LogP contribution in [0.4, 0.5) is 9.80 Å². The summed E-state index contributed by atoms with van der Waals surface area (Å²) in [6.45, 7) is 10.8. The lowest BCUT2D eigenvalue weighted by molar-refractivity contribution is -0.136. The predicted octanol–water partition coefficient (Wildman–Crippen LogP) is 3.49. The molecule has 0 aromatic carbocycles. The fourth-order valence-corrected chi connectivity index (χ4v) is 6.51. The molecule has 1 saturated heterocycles. The summed E-state index contributed by atoms with van der Waals surface area (Å²) in [5, 5.41) is 5.53. The number of nitrogens with zero attached hydrogens (tertiary/aromatic N) is 1. The van der Waals surface area contributed by atoms with E-state index in [0.29, 0.717) is 18.4 Å². The highest BCUT2D eigenvalue weighted by atomic mass is 32.1. The van der Waals surface area contributed by atoms with Crippen LogP contribution in [-0.2, 0) is 19.1 Å². The molecule has 2 fully saturated rings. The Bertz CT molecular complexity index is 1060. The van der Waals surface area contributed by atoms with Crippen LogP contribution in [0.3, 0.4) is 0 Å². The molecule has 0 radical (unpaired) electrons. The molecule has 1 aromatic rings. The van der Waals surface area contributed by atoms with Gasteiger partial charge in [0, 0.05) is 0 Å². The molecular formula is C24H33N3O7S. The number of thiophene rings is 1. The highest BCUT2D eigenvalue weighted by molar-refractivity contribution is 7.18. The molecule has 1 aliphatic heterocycles. The molecule has 1 spiro atoms. The van der Waals surface area contributed by atoms with Crippen molar-refractivity contribution in [1.82, 2.24) is 10.2 Å². The number of imide groups is 1. The van der Waals surface area contributed by atoms with Gasteiger partial charge in [0.15, 0.2) is 0 Å². The van der Waals surface area contributed by atoms with E-state index >= 15 is 0 Å². The molecule has 2 N–H and O–H groups in total. The number of anilines is 1. The zero-order valence-corrected chi connectivity index (χ0v) is 21.8. The van der Waals surface area contributed by atoms with E-state index in [1.165, 1.54) is 0 Å². The van der Waals surface area contributed by atoms with E-state index in [-0.39, 0.29) is 40.0 Å². The van der Waals surface area contributed by atoms with E-state index in [2.05, 4.69) is 31.4 Å². The Kier molecular flexibility index (Phi) is 7.59. The third-order valence-corrected chi connectivity index (χ3v) is 7.45. The van der Waals surface area contributed by atoms with Crippen LogP contribution in [0.25, 0.3) is 0 Å². The molecule has 11 heteroatoms. The summed E-state index contributed by atoms with van der Waals surface area (Å²) in [5.41, 5.74) is -0.782. The number of esters is 2. The Morgan fingerprint density at radius 1 is 1.11 bits per heavy atom. The summed E-state index contributed by atoms with van der Waals surface area (Å²) < 4.78 is 10.1. The Morgan fingerprint density at radius 3 is 2.34 bits per heavy atom. The maximum absolute atomic E-state index is 13.3. The first kappa shape index (κ1) is 26.7. The SMILES string of the molecule is CCOC(=O)c1sc(NC(=O)CN2C(=O)N[C@]3(C[C@@H](C)CC(C)(C)C3)C2=O)c(C(=O)OCC)c1C. The first-order chi connectivity index (χ1) is 16.3. The van der Waals surface area contributed by atoms with Gasteiger partial charge in [-0.25, -0.2) is 14.4 Å². The van der Waals surface area contributed by atoms with Crippen molar-refractivity contribution in [2.45, 2.75) is 66.3 Å². The van der Waals surface area contributed by atoms with Gasteiger partial charge in [0.1, 0.15) is 22.0 Å². The highest BCUT2D eigenvalue weighted by Gasteiger charge is 2.56. The zero-order valence-electron chi connectivity index (χ0n) is 21.0. The molecule has 10 nitrogen and oxygen atoms in total. The summed E-state index contributed by atoms with van der Waals surface area (Å²) >= 11 is 0.886. The van der Waals surface area contributed by atoms with Gasteiger partial charge in [-0.3, -0.25) is 14.5 Å². The van der Waals surface area contributed by atoms with Crippen molar-refractivity contribution in [2.75, 3.05) is 25.1 Å². The molecule has 1 aromatic heterocycles. The van der Waals surface area contributed by atoms with Crippen LogP contribution in [-0.4, -0.2) is 60.0 Å². The van der Waals surface area contributed by atoms with E-state index in [1.807, 2.05) is 0 Å². The third-order valence-electron chi connectivity index (χ3n) is 6.27. The second kappa shape index (κ2) is 9.96. The number of nitrogens with one attached hydrogen (secondary N) is 2. The molecule has 2 atom stereocenters. The van der Waals surface area contributed by atoms with Crippen LogP contribution < -0.4 is 10.6 Å². The van der Waals surface area contributed by atoms with Crippen LogP contribution in [0.1, 0.15) is 79.5 Å². The van der Waals surface area contributed by atoms with Crippen molar-refractivity contribution in [2.24, 2.45) is 11.3 Å². The molecule has 1 saturated carbocycles. The van der Waals surface area contributed by atoms with Crippen LogP contribution in [0.2, 0.25) is 0 Å². The molecule has 4 amide bonds. The third kappa shape index (κ3) is 5.34. The Labute approximate surface area is 208 Å². The van der Waals surface area contributed by atoms with Gasteiger partial charge in [0.25, 0.3) is 5.91 Å². The molecule has 0 bridgehead atoms. The molecule has 192 valence electrons. The van der Waals surface area contributed by atoms with Crippen LogP contribution in [0, 0.1) is 18.3 Å². The van der Waals surface area contributed by atoms with Gasteiger partial charge in [-0.2, -0.15) is 0 Å². The minimum atomic E-state index is -1.02. The van der Waals surface area contributed by atoms with E-state index < -0.39 is 41.9 Å². The van der Waals surface area contributed by atoms with Crippen molar-refractivity contribution in [1.29, 1.82) is 0 Å². The van der Waals surface area contributed by atoms with Crippen molar-refractivity contribution < 1.29 is 33.4 Å². The molecule has 3 rings (SSSR count). The van der Waals surface area contributed by atoms with Crippen molar-refractivity contribution in [3.8, 4) is 0 Å². The lowest BCUT2D eigenvalue weighted by atomic mass is 9.64. The van der Waals surface area contributed by atoms with E-state index in [4.69, 9.17) is 9.47 Å². The summed E-state index contributed by atoms with van der Waals surface area (Å²) in [4.78, 5) is 64.9. The first-order valence-electron chi connectivity index (χ1n) is 11.8. The first-order valence-corrected chi connectivity index (χ1v) is 12.6. The Morgan fingerprint density at radius 2 is 1.74 bits per heavy atom. The van der Waals surface area contributed by atoms with E-state index in [1.54, 1.807) is 20.8 Å². The second-order valence-electron chi connectivity index (χ2n) is 10.0. The van der Waals surface area contributed by atoms with Crippen molar-refractivity contribution >= 4 is 46.1 Å². The normalized spacial score (nSPS) is 23.3. The zero-order chi connectivity index (χ0) is 26.1. The van der Waals surface area contributed by atoms with Gasteiger partial charge in [0.05, 0.1) is 18.8 Å². The van der Waals surface area contributed by atoms with Crippen LogP contribution >= 0.6 is 11.3 Å². The highest BCUT2D eigenvalue weighted by Crippen LogP contribution is 2.46. The standard InChI is InChI=1S/C24H33N3O7S/c1-7-33-19(29)16-14(4)17(20(30)34-8-2)35-18(16)25-15(28)11-27-21(31)24(26-22(27)32)10-13(3)9-23(5,6)12-24/h13H,7-12H2,1-6H3,(H,25,28)(H,26,32)/t13-,24-/m0/s1. The number of carbonyl (C=O) groups is 5. The Balaban J connectivity index is 1.82. The quantitative estimate of drug-likeness (QED) is 0.427. The number of urea groups is 1. The van der Waals surface area contributed by atoms with E-state index in [9.17, 15) is 24.0 Å².